The molecule has 0 amide bonds. The highest BCUT2D eigenvalue weighted by atomic mass is 16.1. The fraction of sp³-hybridized carbons (Fsp3) is 0.750. The van der Waals surface area contributed by atoms with Gasteiger partial charge < -0.3 is 0 Å². The lowest BCUT2D eigenvalue weighted by Gasteiger charge is -2.20. The van der Waals surface area contributed by atoms with Crippen LogP contribution in [0.1, 0.15) is 52.4 Å². The Morgan fingerprint density at radius 1 is 1.46 bits per heavy atom. The van der Waals surface area contributed by atoms with Crippen LogP contribution in [-0.2, 0) is 4.79 Å². The first-order valence-corrected chi connectivity index (χ1v) is 5.51. The third kappa shape index (κ3) is 2.68. The Bertz CT molecular complexity index is 203. The van der Waals surface area contributed by atoms with Gasteiger partial charge in [-0.05, 0) is 32.1 Å². The number of ketones is 1. The van der Waals surface area contributed by atoms with Crippen molar-refractivity contribution < 1.29 is 4.79 Å². The second-order valence-electron chi connectivity index (χ2n) is 3.81. The highest BCUT2D eigenvalue weighted by Gasteiger charge is 2.19. The Hall–Kier alpha value is -0.590. The third-order valence-electron chi connectivity index (χ3n) is 2.92. The number of hydrogen-bond acceptors (Lipinski definition) is 1. The van der Waals surface area contributed by atoms with Gasteiger partial charge in [0.15, 0.2) is 0 Å². The van der Waals surface area contributed by atoms with Gasteiger partial charge in [-0.3, -0.25) is 4.79 Å². The van der Waals surface area contributed by atoms with Crippen molar-refractivity contribution in [2.24, 2.45) is 5.92 Å². The molecule has 1 aliphatic carbocycles. The van der Waals surface area contributed by atoms with E-state index in [1.54, 1.807) is 0 Å². The molecule has 1 rings (SSSR count). The van der Waals surface area contributed by atoms with E-state index in [9.17, 15) is 4.79 Å². The Morgan fingerprint density at radius 3 is 2.69 bits per heavy atom. The molecule has 1 heteroatoms. The summed E-state index contributed by atoms with van der Waals surface area (Å²) in [7, 11) is 0. The number of allylic oxidation sites excluding steroid dienone is 2. The summed E-state index contributed by atoms with van der Waals surface area (Å²) < 4.78 is 0. The minimum Gasteiger partial charge on any atom is -0.299 e. The summed E-state index contributed by atoms with van der Waals surface area (Å²) in [4.78, 5) is 11.6. The molecule has 0 aliphatic heterocycles. The summed E-state index contributed by atoms with van der Waals surface area (Å²) in [6.07, 6.45) is 8.90. The topological polar surface area (TPSA) is 17.1 Å². The molecule has 0 saturated carbocycles. The Morgan fingerprint density at radius 2 is 2.23 bits per heavy atom. The zero-order valence-electron chi connectivity index (χ0n) is 8.81. The number of rotatable bonds is 4. The maximum Gasteiger partial charge on any atom is 0.139 e. The maximum atomic E-state index is 11.6. The summed E-state index contributed by atoms with van der Waals surface area (Å²) >= 11 is 0. The molecule has 1 atom stereocenters. The van der Waals surface area contributed by atoms with E-state index in [1.807, 2.05) is 6.92 Å². The van der Waals surface area contributed by atoms with Gasteiger partial charge in [0.2, 0.25) is 0 Å². The van der Waals surface area contributed by atoms with E-state index in [0.717, 1.165) is 12.8 Å². The van der Waals surface area contributed by atoms with Gasteiger partial charge in [-0.25, -0.2) is 0 Å². The van der Waals surface area contributed by atoms with Crippen molar-refractivity contribution in [2.45, 2.75) is 52.4 Å². The molecule has 0 aromatic heterocycles. The minimum absolute atomic E-state index is 0.241. The van der Waals surface area contributed by atoms with Crippen LogP contribution in [-0.4, -0.2) is 5.78 Å². The second kappa shape index (κ2) is 5.21. The number of Topliss-reactive ketones (excluding diaryl/α,β-unsaturated/α-hetero) is 1. The van der Waals surface area contributed by atoms with Gasteiger partial charge in [-0.2, -0.15) is 0 Å². The van der Waals surface area contributed by atoms with Crippen molar-refractivity contribution in [2.75, 3.05) is 0 Å². The highest BCUT2D eigenvalue weighted by molar-refractivity contribution is 5.83. The Kier molecular flexibility index (Phi) is 4.20. The number of carbonyl (C=O) groups is 1. The largest absolute Gasteiger partial charge is 0.299 e. The first-order valence-electron chi connectivity index (χ1n) is 5.51. The average molecular weight is 180 g/mol. The fourth-order valence-corrected chi connectivity index (χ4v) is 2.12. The molecule has 0 heterocycles. The molecule has 74 valence electrons. The molecule has 0 spiro atoms. The fourth-order valence-electron chi connectivity index (χ4n) is 2.12. The van der Waals surface area contributed by atoms with Crippen LogP contribution in [0.4, 0.5) is 0 Å². The molecule has 0 radical (unpaired) electrons. The molecule has 0 bridgehead atoms. The summed E-state index contributed by atoms with van der Waals surface area (Å²) in [6, 6.07) is 0. The van der Waals surface area contributed by atoms with Gasteiger partial charge in [0.05, 0.1) is 0 Å². The van der Waals surface area contributed by atoms with Gasteiger partial charge in [0, 0.05) is 12.3 Å². The lowest BCUT2D eigenvalue weighted by molar-refractivity contribution is -0.121. The van der Waals surface area contributed by atoms with E-state index in [4.69, 9.17) is 0 Å². The van der Waals surface area contributed by atoms with Crippen LogP contribution in [0.15, 0.2) is 11.6 Å². The van der Waals surface area contributed by atoms with Gasteiger partial charge in [0.25, 0.3) is 0 Å². The van der Waals surface area contributed by atoms with E-state index >= 15 is 0 Å². The highest BCUT2D eigenvalue weighted by Crippen LogP contribution is 2.27. The van der Waals surface area contributed by atoms with Crippen molar-refractivity contribution in [3.8, 4) is 0 Å². The minimum atomic E-state index is 0.241. The monoisotopic (exact) mass is 180 g/mol. The lowest BCUT2D eigenvalue weighted by Crippen LogP contribution is -2.16. The van der Waals surface area contributed by atoms with Crippen molar-refractivity contribution in [1.82, 2.24) is 0 Å². The molecular formula is C12H20O. The molecule has 0 aromatic rings. The van der Waals surface area contributed by atoms with E-state index in [0.29, 0.717) is 12.2 Å². The van der Waals surface area contributed by atoms with Crippen LogP contribution in [0.2, 0.25) is 0 Å². The predicted octanol–water partition coefficient (Wildman–Crippen LogP) is 3.49. The molecule has 1 unspecified atom stereocenters. The summed E-state index contributed by atoms with van der Waals surface area (Å²) in [5, 5.41) is 0. The van der Waals surface area contributed by atoms with Crippen molar-refractivity contribution in [1.29, 1.82) is 0 Å². The maximum absolute atomic E-state index is 11.6. The Labute approximate surface area is 81.2 Å². The first kappa shape index (κ1) is 10.5. The molecule has 0 N–H and O–H groups in total. The van der Waals surface area contributed by atoms with Crippen LogP contribution in [0, 0.1) is 5.92 Å². The van der Waals surface area contributed by atoms with Crippen molar-refractivity contribution in [3.63, 3.8) is 0 Å². The van der Waals surface area contributed by atoms with Gasteiger partial charge in [-0.15, -0.1) is 0 Å². The molecular weight excluding hydrogens is 160 g/mol. The summed E-state index contributed by atoms with van der Waals surface area (Å²) in [5.74, 6) is 0.668. The second-order valence-corrected chi connectivity index (χ2v) is 3.81. The first-order chi connectivity index (χ1) is 6.29. The molecule has 1 aliphatic rings. The van der Waals surface area contributed by atoms with Crippen LogP contribution in [0.3, 0.4) is 0 Å². The zero-order chi connectivity index (χ0) is 9.68. The normalized spacial score (nSPS) is 19.4. The van der Waals surface area contributed by atoms with Crippen LogP contribution in [0.25, 0.3) is 0 Å². The molecule has 0 saturated heterocycles. The number of carbonyl (C=O) groups excluding carboxylic acids is 1. The van der Waals surface area contributed by atoms with E-state index in [-0.39, 0.29) is 5.92 Å². The SMILES string of the molecule is CCC(=O)C(CC)C1=CCCCC1. The van der Waals surface area contributed by atoms with Gasteiger partial charge in [0.1, 0.15) is 5.78 Å². The van der Waals surface area contributed by atoms with Crippen LogP contribution < -0.4 is 0 Å². The zero-order valence-corrected chi connectivity index (χ0v) is 8.81. The van der Waals surface area contributed by atoms with Crippen LogP contribution in [0.5, 0.6) is 0 Å². The smallest absolute Gasteiger partial charge is 0.139 e. The average Bonchev–Trinajstić information content (AvgIpc) is 2.20. The summed E-state index contributed by atoms with van der Waals surface area (Å²) in [5.41, 5.74) is 1.42. The Balaban J connectivity index is 2.64. The van der Waals surface area contributed by atoms with E-state index in [1.165, 1.54) is 24.8 Å². The molecule has 0 aromatic carbocycles. The van der Waals surface area contributed by atoms with E-state index in [2.05, 4.69) is 13.0 Å². The standard InChI is InChI=1S/C12H20O/c1-3-11(12(13)4-2)10-8-6-5-7-9-10/h8,11H,3-7,9H2,1-2H3. The molecule has 1 nitrogen and oxygen atoms in total. The van der Waals surface area contributed by atoms with Gasteiger partial charge in [-0.1, -0.05) is 25.5 Å². The van der Waals surface area contributed by atoms with Crippen molar-refractivity contribution >= 4 is 5.78 Å². The number of hydrogen-bond donors (Lipinski definition) is 0. The van der Waals surface area contributed by atoms with Crippen molar-refractivity contribution in [3.05, 3.63) is 11.6 Å². The van der Waals surface area contributed by atoms with E-state index < -0.39 is 0 Å². The summed E-state index contributed by atoms with van der Waals surface area (Å²) in [6.45, 7) is 4.09. The quantitative estimate of drug-likeness (QED) is 0.605. The van der Waals surface area contributed by atoms with Crippen LogP contribution >= 0.6 is 0 Å². The predicted molar refractivity (Wildman–Crippen MR) is 55.6 cm³/mol. The molecule has 0 fully saturated rings. The lowest BCUT2D eigenvalue weighted by atomic mass is 9.84. The third-order valence-corrected chi connectivity index (χ3v) is 2.92. The van der Waals surface area contributed by atoms with Gasteiger partial charge >= 0.3 is 0 Å². The molecule has 13 heavy (non-hydrogen) atoms.